The number of hydrogen-bond donors (Lipinski definition) is 1. The number of ether oxygens (including phenoxy) is 1. The Balaban J connectivity index is 2.47. The number of H-pyrrole nitrogens is 1. The number of hydrazone groups is 1. The molecular formula is C9H10N4O3. The summed E-state index contributed by atoms with van der Waals surface area (Å²) in [6.07, 6.45) is 1.65. The van der Waals surface area contributed by atoms with Gasteiger partial charge in [-0.15, -0.1) is 0 Å². The first-order valence-electron chi connectivity index (χ1n) is 4.59. The van der Waals surface area contributed by atoms with Crippen LogP contribution in [0, 0.1) is 0 Å². The number of fused-ring (bicyclic) bond motifs is 1. The highest BCUT2D eigenvalue weighted by molar-refractivity contribution is 6.37. The Morgan fingerprint density at radius 2 is 2.38 bits per heavy atom. The standard InChI is InChI=1S/C9H10N4O3/c1-13-7-4-10-11-8(14)5(7)3-6(12-13)9(15)16-2/h4H,3H2,1-2H3,(H,11,14). The van der Waals surface area contributed by atoms with E-state index >= 15 is 0 Å². The molecule has 0 bridgehead atoms. The monoisotopic (exact) mass is 222 g/mol. The molecule has 84 valence electrons. The van der Waals surface area contributed by atoms with Gasteiger partial charge in [-0.3, -0.25) is 9.80 Å². The summed E-state index contributed by atoms with van der Waals surface area (Å²) < 4.78 is 4.57. The number of nitrogens with zero attached hydrogens (tertiary/aromatic N) is 3. The fourth-order valence-electron chi connectivity index (χ4n) is 1.53. The van der Waals surface area contributed by atoms with Crippen molar-refractivity contribution in [3.8, 4) is 0 Å². The minimum absolute atomic E-state index is 0.157. The molecule has 0 aliphatic carbocycles. The lowest BCUT2D eigenvalue weighted by molar-refractivity contribution is -0.132. The molecular weight excluding hydrogens is 212 g/mol. The van der Waals surface area contributed by atoms with E-state index in [9.17, 15) is 9.59 Å². The van der Waals surface area contributed by atoms with Crippen molar-refractivity contribution in [1.82, 2.24) is 10.2 Å². The highest BCUT2D eigenvalue weighted by Crippen LogP contribution is 2.20. The molecule has 0 atom stereocenters. The topological polar surface area (TPSA) is 87.7 Å². The minimum atomic E-state index is -0.534. The van der Waals surface area contributed by atoms with Gasteiger partial charge in [0.25, 0.3) is 5.56 Å². The molecule has 16 heavy (non-hydrogen) atoms. The van der Waals surface area contributed by atoms with Crippen molar-refractivity contribution in [2.75, 3.05) is 19.2 Å². The van der Waals surface area contributed by atoms with Crippen molar-refractivity contribution >= 4 is 17.4 Å². The number of aromatic amines is 1. The first kappa shape index (κ1) is 10.3. The molecule has 2 heterocycles. The lowest BCUT2D eigenvalue weighted by Crippen LogP contribution is -2.32. The van der Waals surface area contributed by atoms with Gasteiger partial charge in [0, 0.05) is 13.5 Å². The number of carbonyl (C=O) groups excluding carboxylic acids is 1. The fraction of sp³-hybridized carbons (Fsp3) is 0.333. The molecule has 0 amide bonds. The molecule has 1 aliphatic heterocycles. The van der Waals surface area contributed by atoms with Crippen molar-refractivity contribution < 1.29 is 9.53 Å². The summed E-state index contributed by atoms with van der Waals surface area (Å²) in [4.78, 5) is 22.8. The van der Waals surface area contributed by atoms with Crippen molar-refractivity contribution in [3.63, 3.8) is 0 Å². The molecule has 1 N–H and O–H groups in total. The number of rotatable bonds is 1. The van der Waals surface area contributed by atoms with Crippen LogP contribution in [-0.4, -0.2) is 36.0 Å². The Labute approximate surface area is 90.7 Å². The minimum Gasteiger partial charge on any atom is -0.464 e. The van der Waals surface area contributed by atoms with Crippen molar-refractivity contribution in [1.29, 1.82) is 0 Å². The van der Waals surface area contributed by atoms with E-state index in [-0.39, 0.29) is 17.7 Å². The van der Waals surface area contributed by atoms with E-state index in [2.05, 4.69) is 20.0 Å². The van der Waals surface area contributed by atoms with Crippen LogP contribution in [0.3, 0.4) is 0 Å². The van der Waals surface area contributed by atoms with Crippen molar-refractivity contribution in [2.24, 2.45) is 5.10 Å². The highest BCUT2D eigenvalue weighted by Gasteiger charge is 2.24. The van der Waals surface area contributed by atoms with Crippen LogP contribution in [0.1, 0.15) is 5.56 Å². The third-order valence-corrected chi connectivity index (χ3v) is 2.32. The van der Waals surface area contributed by atoms with E-state index in [0.717, 1.165) is 0 Å². The number of hydrogen-bond acceptors (Lipinski definition) is 6. The molecule has 1 aromatic heterocycles. The molecule has 7 heteroatoms. The molecule has 0 spiro atoms. The average Bonchev–Trinajstić information content (AvgIpc) is 2.29. The number of anilines is 1. The first-order chi connectivity index (χ1) is 7.63. The first-order valence-corrected chi connectivity index (χ1v) is 4.59. The van der Waals surface area contributed by atoms with Gasteiger partial charge in [0.15, 0.2) is 5.71 Å². The normalized spacial score (nSPS) is 14.1. The van der Waals surface area contributed by atoms with Gasteiger partial charge in [0.1, 0.15) is 0 Å². The SMILES string of the molecule is COC(=O)C1=NN(C)c2cn[nH]c(=O)c2C1. The van der Waals surface area contributed by atoms with E-state index in [1.807, 2.05) is 0 Å². The zero-order valence-corrected chi connectivity index (χ0v) is 8.85. The summed E-state index contributed by atoms with van der Waals surface area (Å²) >= 11 is 0. The van der Waals surface area contributed by atoms with Crippen LogP contribution >= 0.6 is 0 Å². The molecule has 7 nitrogen and oxygen atoms in total. The quantitative estimate of drug-likeness (QED) is 0.634. The third kappa shape index (κ3) is 1.56. The summed E-state index contributed by atoms with van der Waals surface area (Å²) in [6.45, 7) is 0. The maximum absolute atomic E-state index is 11.5. The molecule has 0 fully saturated rings. The zero-order valence-electron chi connectivity index (χ0n) is 8.85. The summed E-state index contributed by atoms with van der Waals surface area (Å²) in [5.74, 6) is -0.534. The Bertz CT molecular complexity index is 520. The lowest BCUT2D eigenvalue weighted by atomic mass is 10.1. The molecule has 0 unspecified atom stereocenters. The molecule has 0 saturated carbocycles. The molecule has 2 rings (SSSR count). The molecule has 0 radical (unpaired) electrons. The molecule has 1 aromatic rings. The van der Waals surface area contributed by atoms with E-state index < -0.39 is 5.97 Å². The van der Waals surface area contributed by atoms with E-state index in [1.165, 1.54) is 18.3 Å². The van der Waals surface area contributed by atoms with Crippen LogP contribution in [-0.2, 0) is 16.0 Å². The van der Waals surface area contributed by atoms with Gasteiger partial charge >= 0.3 is 5.97 Å². The van der Waals surface area contributed by atoms with Gasteiger partial charge < -0.3 is 4.74 Å². The van der Waals surface area contributed by atoms with Crippen LogP contribution in [0.15, 0.2) is 16.1 Å². The second-order valence-electron chi connectivity index (χ2n) is 3.30. The summed E-state index contributed by atoms with van der Waals surface area (Å²) in [7, 11) is 2.92. The van der Waals surface area contributed by atoms with Gasteiger partial charge in [-0.25, -0.2) is 9.89 Å². The van der Waals surface area contributed by atoms with Crippen molar-refractivity contribution in [3.05, 3.63) is 22.1 Å². The average molecular weight is 222 g/mol. The van der Waals surface area contributed by atoms with Gasteiger partial charge in [0.05, 0.1) is 24.6 Å². The number of nitrogens with one attached hydrogen (secondary N) is 1. The van der Waals surface area contributed by atoms with Gasteiger partial charge in [-0.2, -0.15) is 10.2 Å². The largest absolute Gasteiger partial charge is 0.464 e. The van der Waals surface area contributed by atoms with E-state index in [1.54, 1.807) is 7.05 Å². The molecule has 0 saturated heterocycles. The van der Waals surface area contributed by atoms with Crippen molar-refractivity contribution in [2.45, 2.75) is 6.42 Å². The second-order valence-corrected chi connectivity index (χ2v) is 3.30. The van der Waals surface area contributed by atoms with Crippen LogP contribution in [0.4, 0.5) is 5.69 Å². The van der Waals surface area contributed by atoms with Crippen LogP contribution < -0.4 is 10.6 Å². The third-order valence-electron chi connectivity index (χ3n) is 2.32. The van der Waals surface area contributed by atoms with E-state index in [0.29, 0.717) is 11.3 Å². The van der Waals surface area contributed by atoms with Crippen LogP contribution in [0.5, 0.6) is 0 Å². The second kappa shape index (κ2) is 3.76. The summed E-state index contributed by atoms with van der Waals surface area (Å²) in [6, 6.07) is 0. The summed E-state index contributed by atoms with van der Waals surface area (Å²) in [5.41, 5.74) is 0.944. The maximum Gasteiger partial charge on any atom is 0.354 e. The number of methoxy groups -OCH3 is 1. The smallest absolute Gasteiger partial charge is 0.354 e. The van der Waals surface area contributed by atoms with Gasteiger partial charge in [0.2, 0.25) is 0 Å². The Morgan fingerprint density at radius 3 is 3.06 bits per heavy atom. The number of aromatic nitrogens is 2. The lowest BCUT2D eigenvalue weighted by Gasteiger charge is -2.21. The summed E-state index contributed by atoms with van der Waals surface area (Å²) in [5, 5.41) is 11.4. The van der Waals surface area contributed by atoms with Gasteiger partial charge in [-0.1, -0.05) is 0 Å². The van der Waals surface area contributed by atoms with Crippen LogP contribution in [0.25, 0.3) is 0 Å². The molecule has 1 aliphatic rings. The highest BCUT2D eigenvalue weighted by atomic mass is 16.5. The van der Waals surface area contributed by atoms with E-state index in [4.69, 9.17) is 0 Å². The van der Waals surface area contributed by atoms with Crippen LogP contribution in [0.2, 0.25) is 0 Å². The maximum atomic E-state index is 11.5. The molecule has 0 aromatic carbocycles. The predicted octanol–water partition coefficient (Wildman–Crippen LogP) is -0.709. The zero-order chi connectivity index (χ0) is 11.7. The Hall–Kier alpha value is -2.18. The van der Waals surface area contributed by atoms with Gasteiger partial charge in [-0.05, 0) is 0 Å². The number of carbonyl (C=O) groups is 1. The Kier molecular flexibility index (Phi) is 2.43. The fourth-order valence-corrected chi connectivity index (χ4v) is 1.53. The predicted molar refractivity (Wildman–Crippen MR) is 56.4 cm³/mol. The number of esters is 1. The Morgan fingerprint density at radius 1 is 1.62 bits per heavy atom.